The molecule has 7 nitrogen and oxygen atoms in total. The Morgan fingerprint density at radius 2 is 1.92 bits per heavy atom. The standard InChI is InChI=1S/C29H25BrN4O3/c30-21-15-25-28(19-10-4-7-13-24(19)37-25)20(29(21)36)16-31-33-27(35)17-34-23-12-6-5-11-22(23)32-26(34)14-18-8-2-1-3-9-18/h1-3,5-6,8-9,11-12,15-16,36H,4,7,10,13-14,17H2,(H,33,35). The van der Waals surface area contributed by atoms with Gasteiger partial charge in [0.2, 0.25) is 0 Å². The number of nitrogens with one attached hydrogen (secondary N) is 1. The monoisotopic (exact) mass is 556 g/mol. The van der Waals surface area contributed by atoms with E-state index in [9.17, 15) is 9.90 Å². The van der Waals surface area contributed by atoms with Crippen LogP contribution in [0.4, 0.5) is 0 Å². The molecule has 186 valence electrons. The van der Waals surface area contributed by atoms with Crippen molar-refractivity contribution >= 4 is 50.1 Å². The number of benzene rings is 3. The molecular weight excluding hydrogens is 532 g/mol. The molecule has 0 bridgehead atoms. The first-order valence-electron chi connectivity index (χ1n) is 12.3. The fourth-order valence-corrected chi connectivity index (χ4v) is 5.52. The number of carbonyl (C=O) groups excluding carboxylic acids is 1. The van der Waals surface area contributed by atoms with Crippen molar-refractivity contribution in [3.8, 4) is 5.75 Å². The predicted octanol–water partition coefficient (Wildman–Crippen LogP) is 5.87. The highest BCUT2D eigenvalue weighted by molar-refractivity contribution is 9.10. The molecule has 0 aliphatic heterocycles. The number of fused-ring (bicyclic) bond motifs is 4. The predicted molar refractivity (Wildman–Crippen MR) is 147 cm³/mol. The third-order valence-electron chi connectivity index (χ3n) is 6.83. The number of hydrazone groups is 1. The first kappa shape index (κ1) is 23.5. The van der Waals surface area contributed by atoms with Crippen molar-refractivity contribution in [3.63, 3.8) is 0 Å². The van der Waals surface area contributed by atoms with E-state index in [1.165, 1.54) is 6.21 Å². The van der Waals surface area contributed by atoms with Crippen LogP contribution >= 0.6 is 15.9 Å². The quantitative estimate of drug-likeness (QED) is 0.202. The lowest BCUT2D eigenvalue weighted by Gasteiger charge is -2.10. The second kappa shape index (κ2) is 9.86. The molecule has 3 aromatic carbocycles. The minimum Gasteiger partial charge on any atom is -0.506 e. The Kier molecular flexibility index (Phi) is 6.26. The Bertz CT molecular complexity index is 1650. The molecule has 6 rings (SSSR count). The van der Waals surface area contributed by atoms with E-state index in [1.807, 2.05) is 59.2 Å². The van der Waals surface area contributed by atoms with Gasteiger partial charge in [0.05, 0.1) is 21.7 Å². The molecule has 37 heavy (non-hydrogen) atoms. The van der Waals surface area contributed by atoms with Gasteiger partial charge in [-0.15, -0.1) is 0 Å². The van der Waals surface area contributed by atoms with Crippen LogP contribution in [0.15, 0.2) is 74.7 Å². The number of aryl methyl sites for hydroxylation is 2. The second-order valence-electron chi connectivity index (χ2n) is 9.26. The topological polar surface area (TPSA) is 92.7 Å². The number of hydrogen-bond acceptors (Lipinski definition) is 5. The van der Waals surface area contributed by atoms with E-state index in [1.54, 1.807) is 6.07 Å². The van der Waals surface area contributed by atoms with Crippen molar-refractivity contribution in [3.05, 3.63) is 93.4 Å². The van der Waals surface area contributed by atoms with E-state index in [2.05, 4.69) is 26.5 Å². The molecule has 1 aliphatic rings. The van der Waals surface area contributed by atoms with E-state index in [0.717, 1.165) is 64.8 Å². The summed E-state index contributed by atoms with van der Waals surface area (Å²) in [6.07, 6.45) is 6.07. The Balaban J connectivity index is 1.27. The van der Waals surface area contributed by atoms with Gasteiger partial charge in [0.25, 0.3) is 5.91 Å². The molecule has 2 aromatic heterocycles. The van der Waals surface area contributed by atoms with Gasteiger partial charge in [-0.1, -0.05) is 42.5 Å². The minimum atomic E-state index is -0.284. The molecule has 0 saturated heterocycles. The summed E-state index contributed by atoms with van der Waals surface area (Å²) >= 11 is 3.41. The summed E-state index contributed by atoms with van der Waals surface area (Å²) < 4.78 is 8.51. The van der Waals surface area contributed by atoms with Crippen molar-refractivity contribution < 1.29 is 14.3 Å². The Morgan fingerprint density at radius 1 is 1.14 bits per heavy atom. The average Bonchev–Trinajstić information content (AvgIpc) is 3.44. The lowest BCUT2D eigenvalue weighted by Crippen LogP contribution is -2.24. The maximum absolute atomic E-state index is 13.0. The maximum Gasteiger partial charge on any atom is 0.260 e. The zero-order valence-electron chi connectivity index (χ0n) is 20.1. The minimum absolute atomic E-state index is 0.0704. The molecule has 0 saturated carbocycles. The smallest absolute Gasteiger partial charge is 0.260 e. The van der Waals surface area contributed by atoms with Crippen LogP contribution in [0.1, 0.15) is 41.1 Å². The molecule has 5 aromatic rings. The number of amides is 1. The largest absolute Gasteiger partial charge is 0.506 e. The van der Waals surface area contributed by atoms with Crippen LogP contribution in [0.25, 0.3) is 22.0 Å². The van der Waals surface area contributed by atoms with Gasteiger partial charge in [0.15, 0.2) is 0 Å². The number of imidazole rings is 1. The van der Waals surface area contributed by atoms with Gasteiger partial charge in [-0.25, -0.2) is 10.4 Å². The van der Waals surface area contributed by atoms with E-state index in [-0.39, 0.29) is 18.2 Å². The van der Waals surface area contributed by atoms with Gasteiger partial charge in [0, 0.05) is 29.4 Å². The number of rotatable bonds is 6. The number of aromatic hydroxyl groups is 1. The number of phenolic OH excluding ortho intramolecular Hbond substituents is 1. The molecule has 0 spiro atoms. The SMILES string of the molecule is O=C(Cn1c(Cc2ccccc2)nc2ccccc21)NN=Cc1c(O)c(Br)cc2oc3c(c12)CCCC3. The summed E-state index contributed by atoms with van der Waals surface area (Å²) in [5.74, 6) is 1.57. The third-order valence-corrected chi connectivity index (χ3v) is 7.43. The Morgan fingerprint density at radius 3 is 2.78 bits per heavy atom. The highest BCUT2D eigenvalue weighted by Crippen LogP contribution is 2.40. The molecular formula is C29H25BrN4O3. The maximum atomic E-state index is 13.0. The Labute approximate surface area is 221 Å². The van der Waals surface area contributed by atoms with Crippen LogP contribution in [-0.4, -0.2) is 26.8 Å². The van der Waals surface area contributed by atoms with E-state index in [4.69, 9.17) is 9.40 Å². The fraction of sp³-hybridized carbons (Fsp3) is 0.207. The molecule has 0 unspecified atom stereocenters. The zero-order valence-corrected chi connectivity index (χ0v) is 21.7. The van der Waals surface area contributed by atoms with Gasteiger partial charge in [0.1, 0.15) is 29.5 Å². The van der Waals surface area contributed by atoms with Crippen molar-refractivity contribution in [2.24, 2.45) is 5.10 Å². The number of phenols is 1. The highest BCUT2D eigenvalue weighted by atomic mass is 79.9. The summed E-state index contributed by atoms with van der Waals surface area (Å²) in [5.41, 5.74) is 7.85. The molecule has 2 N–H and O–H groups in total. The van der Waals surface area contributed by atoms with Crippen molar-refractivity contribution in [1.29, 1.82) is 0 Å². The van der Waals surface area contributed by atoms with Gasteiger partial charge in [-0.05, 0) is 59.0 Å². The molecule has 0 radical (unpaired) electrons. The molecule has 0 fully saturated rings. The van der Waals surface area contributed by atoms with Crippen LogP contribution in [0.5, 0.6) is 5.75 Å². The van der Waals surface area contributed by atoms with Crippen LogP contribution in [0, 0.1) is 0 Å². The first-order chi connectivity index (χ1) is 18.1. The summed E-state index contributed by atoms with van der Waals surface area (Å²) in [4.78, 5) is 17.8. The molecule has 0 atom stereocenters. The highest BCUT2D eigenvalue weighted by Gasteiger charge is 2.23. The van der Waals surface area contributed by atoms with E-state index < -0.39 is 0 Å². The summed E-state index contributed by atoms with van der Waals surface area (Å²) in [6, 6.07) is 19.7. The second-order valence-corrected chi connectivity index (χ2v) is 10.1. The van der Waals surface area contributed by atoms with Gasteiger partial charge in [-0.3, -0.25) is 4.79 Å². The van der Waals surface area contributed by atoms with Crippen LogP contribution < -0.4 is 5.43 Å². The van der Waals surface area contributed by atoms with Crippen LogP contribution in [0.2, 0.25) is 0 Å². The summed E-state index contributed by atoms with van der Waals surface area (Å²) in [7, 11) is 0. The van der Waals surface area contributed by atoms with Gasteiger partial charge >= 0.3 is 0 Å². The number of furan rings is 1. The van der Waals surface area contributed by atoms with Gasteiger partial charge in [-0.2, -0.15) is 5.10 Å². The first-order valence-corrected chi connectivity index (χ1v) is 13.1. The number of nitrogens with zero attached hydrogens (tertiary/aromatic N) is 3. The van der Waals surface area contributed by atoms with Crippen molar-refractivity contribution in [1.82, 2.24) is 15.0 Å². The van der Waals surface area contributed by atoms with Crippen LogP contribution in [-0.2, 0) is 30.6 Å². The number of halogens is 1. The Hall–Kier alpha value is -3.91. The van der Waals surface area contributed by atoms with E-state index >= 15 is 0 Å². The number of aromatic nitrogens is 2. The van der Waals surface area contributed by atoms with Crippen LogP contribution in [0.3, 0.4) is 0 Å². The normalized spacial score (nSPS) is 13.4. The lowest BCUT2D eigenvalue weighted by atomic mass is 9.94. The fourth-order valence-electron chi connectivity index (χ4n) is 5.10. The third kappa shape index (κ3) is 4.53. The average molecular weight is 557 g/mol. The molecule has 1 amide bonds. The summed E-state index contributed by atoms with van der Waals surface area (Å²) in [5, 5.41) is 15.9. The number of carbonyl (C=O) groups is 1. The summed E-state index contributed by atoms with van der Waals surface area (Å²) in [6.45, 7) is 0.0704. The lowest BCUT2D eigenvalue weighted by molar-refractivity contribution is -0.121. The number of para-hydroxylation sites is 2. The van der Waals surface area contributed by atoms with Crippen molar-refractivity contribution in [2.75, 3.05) is 0 Å². The zero-order chi connectivity index (χ0) is 25.4. The van der Waals surface area contributed by atoms with Gasteiger partial charge < -0.3 is 14.1 Å². The molecule has 1 aliphatic carbocycles. The molecule has 8 heteroatoms. The number of hydrogen-bond donors (Lipinski definition) is 2. The van der Waals surface area contributed by atoms with Crippen molar-refractivity contribution in [2.45, 2.75) is 38.6 Å². The van der Waals surface area contributed by atoms with E-state index in [0.29, 0.717) is 22.0 Å². The molecule has 2 heterocycles.